The maximum absolute atomic E-state index is 11.1. The maximum atomic E-state index is 11.1. The molecule has 3 heteroatoms. The molecule has 0 rings (SSSR count). The Labute approximate surface area is 64.2 Å². The fraction of sp³-hybridized carbons (Fsp3) is 0.857. The molecule has 0 aliphatic carbocycles. The molecular formula is C7H17NOS. The second-order valence-electron chi connectivity index (χ2n) is 3.16. The van der Waals surface area contributed by atoms with Crippen molar-refractivity contribution >= 4 is 15.6 Å². The highest BCUT2D eigenvalue weighted by Gasteiger charge is 2.07. The van der Waals surface area contributed by atoms with Crippen molar-refractivity contribution in [1.29, 1.82) is 0 Å². The van der Waals surface area contributed by atoms with Crippen molar-refractivity contribution in [1.82, 2.24) is 4.72 Å². The second kappa shape index (κ2) is 3.39. The summed E-state index contributed by atoms with van der Waals surface area (Å²) in [6, 6.07) is 0.273. The van der Waals surface area contributed by atoms with Gasteiger partial charge in [-0.05, 0) is 18.7 Å². The van der Waals surface area contributed by atoms with Gasteiger partial charge in [-0.3, -0.25) is 4.21 Å². The highest BCUT2D eigenvalue weighted by atomic mass is 32.2. The summed E-state index contributed by atoms with van der Waals surface area (Å²) in [6.45, 7) is 6.19. The van der Waals surface area contributed by atoms with Crippen molar-refractivity contribution in [2.24, 2.45) is 5.92 Å². The molecule has 0 bridgehead atoms. The van der Waals surface area contributed by atoms with Crippen LogP contribution in [0.1, 0.15) is 20.8 Å². The lowest BCUT2D eigenvalue weighted by Gasteiger charge is -2.17. The molecule has 1 N–H and O–H groups in total. The van der Waals surface area contributed by atoms with Crippen molar-refractivity contribution in [2.75, 3.05) is 6.26 Å². The monoisotopic (exact) mass is 163 g/mol. The molecule has 0 spiro atoms. The molecule has 62 valence electrons. The topological polar surface area (TPSA) is 29.1 Å². The molecule has 0 amide bonds. The molecular weight excluding hydrogens is 146 g/mol. The Morgan fingerprint density at radius 1 is 1.40 bits per heavy atom. The van der Waals surface area contributed by atoms with Gasteiger partial charge in [-0.1, -0.05) is 13.8 Å². The number of hydrogen-bond acceptors (Lipinski definition) is 1. The van der Waals surface area contributed by atoms with E-state index in [0.717, 1.165) is 0 Å². The van der Waals surface area contributed by atoms with E-state index in [0.29, 0.717) is 5.92 Å². The third kappa shape index (κ3) is 4.82. The van der Waals surface area contributed by atoms with Crippen LogP contribution in [0.3, 0.4) is 0 Å². The van der Waals surface area contributed by atoms with Crippen LogP contribution >= 0.6 is 0 Å². The smallest absolute Gasteiger partial charge is 0.0222 e. The third-order valence-corrected chi connectivity index (χ3v) is 2.31. The van der Waals surface area contributed by atoms with E-state index in [1.165, 1.54) is 0 Å². The van der Waals surface area contributed by atoms with Gasteiger partial charge in [0.15, 0.2) is 0 Å². The van der Waals surface area contributed by atoms with Gasteiger partial charge in [-0.25, -0.2) is 4.72 Å². The number of hydrogen-bond donors (Lipinski definition) is 1. The predicted octanol–water partition coefficient (Wildman–Crippen LogP) is 0.882. The van der Waals surface area contributed by atoms with Gasteiger partial charge in [-0.15, -0.1) is 0 Å². The van der Waals surface area contributed by atoms with Crippen LogP contribution in [0.5, 0.6) is 0 Å². The molecule has 0 aliphatic rings. The Balaban J connectivity index is 3.93. The van der Waals surface area contributed by atoms with E-state index in [-0.39, 0.29) is 6.04 Å². The van der Waals surface area contributed by atoms with Gasteiger partial charge in [0, 0.05) is 22.0 Å². The largest absolute Gasteiger partial charge is 0.253 e. The van der Waals surface area contributed by atoms with Gasteiger partial charge >= 0.3 is 0 Å². The highest BCUT2D eigenvalue weighted by Crippen LogP contribution is 2.00. The Hall–Kier alpha value is -0.0200. The second-order valence-corrected chi connectivity index (χ2v) is 5.40. The fourth-order valence-electron chi connectivity index (χ4n) is 0.529. The number of rotatable bonds is 3. The minimum absolute atomic E-state index is 0.273. The molecule has 0 fully saturated rings. The molecule has 1 unspecified atom stereocenters. The Kier molecular flexibility index (Phi) is 3.39. The Morgan fingerprint density at radius 3 is 1.90 bits per heavy atom. The minimum atomic E-state index is -2.02. The molecule has 0 aromatic rings. The van der Waals surface area contributed by atoms with Crippen molar-refractivity contribution in [2.45, 2.75) is 26.8 Å². The van der Waals surface area contributed by atoms with E-state index in [4.69, 9.17) is 0 Å². The van der Waals surface area contributed by atoms with Crippen LogP contribution in [0.2, 0.25) is 0 Å². The summed E-state index contributed by atoms with van der Waals surface area (Å²) in [6.07, 6.45) is 1.62. The quantitative estimate of drug-likeness (QED) is 0.615. The molecule has 0 radical (unpaired) electrons. The molecule has 2 atom stereocenters. The molecule has 10 heavy (non-hydrogen) atoms. The first-order valence-corrected chi connectivity index (χ1v) is 5.56. The SMILES string of the molecule is C=S(C)(=O)N[C@H](C)C(C)C. The summed E-state index contributed by atoms with van der Waals surface area (Å²) in [5, 5.41) is 0. The van der Waals surface area contributed by atoms with Crippen LogP contribution in [0.15, 0.2) is 0 Å². The first-order valence-electron chi connectivity index (χ1n) is 3.42. The summed E-state index contributed by atoms with van der Waals surface area (Å²) < 4.78 is 14.0. The van der Waals surface area contributed by atoms with E-state index in [1.54, 1.807) is 6.26 Å². The summed E-state index contributed by atoms with van der Waals surface area (Å²) in [5.41, 5.74) is 0. The lowest BCUT2D eigenvalue weighted by Crippen LogP contribution is -2.35. The standard InChI is InChI=1S/C7H17NOS/c1-6(2)7(3)8-10(4,5)9/h6-7H,4H2,1-3,5H3,(H,8,9)/t7-,10?/m1/s1. The van der Waals surface area contributed by atoms with Crippen molar-refractivity contribution in [3.8, 4) is 0 Å². The first-order chi connectivity index (χ1) is 4.33. The van der Waals surface area contributed by atoms with Crippen LogP contribution in [-0.2, 0) is 9.71 Å². The average molecular weight is 163 g/mol. The third-order valence-electron chi connectivity index (χ3n) is 1.44. The van der Waals surface area contributed by atoms with Crippen LogP contribution in [0, 0.1) is 5.92 Å². The van der Waals surface area contributed by atoms with E-state index in [1.807, 2.05) is 6.92 Å². The van der Waals surface area contributed by atoms with Crippen LogP contribution in [0.25, 0.3) is 0 Å². The molecule has 0 saturated carbocycles. The van der Waals surface area contributed by atoms with Gasteiger partial charge in [0.1, 0.15) is 0 Å². The normalized spacial score (nSPS) is 20.5. The molecule has 0 aromatic heterocycles. The Morgan fingerprint density at radius 2 is 1.80 bits per heavy atom. The molecule has 0 heterocycles. The van der Waals surface area contributed by atoms with E-state index >= 15 is 0 Å². The van der Waals surface area contributed by atoms with Crippen molar-refractivity contribution < 1.29 is 4.21 Å². The predicted molar refractivity (Wildman–Crippen MR) is 48.6 cm³/mol. The molecule has 0 saturated heterocycles. The van der Waals surface area contributed by atoms with Crippen molar-refractivity contribution in [3.63, 3.8) is 0 Å². The summed E-state index contributed by atoms with van der Waals surface area (Å²) in [5.74, 6) is 4.01. The highest BCUT2D eigenvalue weighted by molar-refractivity contribution is 7.97. The average Bonchev–Trinajstić information content (AvgIpc) is 1.60. The summed E-state index contributed by atoms with van der Waals surface area (Å²) >= 11 is 0. The van der Waals surface area contributed by atoms with Gasteiger partial charge in [0.25, 0.3) is 0 Å². The molecule has 0 aromatic carbocycles. The Bertz CT molecular complexity index is 182. The summed E-state index contributed by atoms with van der Waals surface area (Å²) in [7, 11) is -2.02. The van der Waals surface area contributed by atoms with E-state index in [9.17, 15) is 4.21 Å². The van der Waals surface area contributed by atoms with Gasteiger partial charge in [-0.2, -0.15) is 0 Å². The zero-order valence-electron chi connectivity index (χ0n) is 7.18. The lowest BCUT2D eigenvalue weighted by atomic mass is 10.1. The van der Waals surface area contributed by atoms with E-state index < -0.39 is 9.71 Å². The van der Waals surface area contributed by atoms with Crippen molar-refractivity contribution in [3.05, 3.63) is 0 Å². The van der Waals surface area contributed by atoms with Crippen LogP contribution in [0.4, 0.5) is 0 Å². The van der Waals surface area contributed by atoms with Gasteiger partial charge in [0.2, 0.25) is 0 Å². The maximum Gasteiger partial charge on any atom is 0.0222 e. The van der Waals surface area contributed by atoms with Crippen LogP contribution in [-0.4, -0.2) is 22.4 Å². The number of nitrogens with one attached hydrogen (secondary N) is 1. The zero-order valence-corrected chi connectivity index (χ0v) is 7.99. The van der Waals surface area contributed by atoms with Crippen LogP contribution < -0.4 is 4.72 Å². The van der Waals surface area contributed by atoms with Gasteiger partial charge < -0.3 is 0 Å². The first kappa shape index (κ1) is 9.98. The molecule has 2 nitrogen and oxygen atoms in total. The lowest BCUT2D eigenvalue weighted by molar-refractivity contribution is 0.493. The zero-order chi connectivity index (χ0) is 8.36. The van der Waals surface area contributed by atoms with E-state index in [2.05, 4.69) is 24.4 Å². The van der Waals surface area contributed by atoms with Gasteiger partial charge in [0.05, 0.1) is 0 Å². The molecule has 0 aliphatic heterocycles. The fourth-order valence-corrected chi connectivity index (χ4v) is 1.59. The minimum Gasteiger partial charge on any atom is -0.253 e. The summed E-state index contributed by atoms with van der Waals surface area (Å²) in [4.78, 5) is 0.